The van der Waals surface area contributed by atoms with E-state index in [1.807, 2.05) is 0 Å². The van der Waals surface area contributed by atoms with Gasteiger partial charge in [0.1, 0.15) is 16.5 Å². The van der Waals surface area contributed by atoms with E-state index in [1.165, 1.54) is 49.6 Å². The number of piperidine rings is 1. The van der Waals surface area contributed by atoms with E-state index >= 15 is 0 Å². The number of carbonyl (C=O) groups is 2. The van der Waals surface area contributed by atoms with Gasteiger partial charge in [0.2, 0.25) is 21.8 Å². The number of imide groups is 1. The van der Waals surface area contributed by atoms with Crippen molar-refractivity contribution in [3.8, 4) is 5.75 Å². The molecule has 1 saturated heterocycles. The second-order valence-corrected chi connectivity index (χ2v) is 8.00. The van der Waals surface area contributed by atoms with Crippen LogP contribution in [-0.4, -0.2) is 27.3 Å². The van der Waals surface area contributed by atoms with Gasteiger partial charge in [-0.25, -0.2) is 17.5 Å². The standard InChI is InChI=1S/C19H19FN2O5S/c1-27-16-10-9-15(22-18(23)3-2-4-19(22)24)11-17(16)28(25,26)21-12-13-5-7-14(20)8-6-13/h5-11,21H,2-4,12H2,1H3. The van der Waals surface area contributed by atoms with Gasteiger partial charge in [0, 0.05) is 19.4 Å². The number of hydrogen-bond donors (Lipinski definition) is 1. The summed E-state index contributed by atoms with van der Waals surface area (Å²) in [5, 5.41) is 0. The van der Waals surface area contributed by atoms with Crippen molar-refractivity contribution in [2.45, 2.75) is 30.7 Å². The fourth-order valence-corrected chi connectivity index (χ4v) is 4.12. The van der Waals surface area contributed by atoms with Crippen LogP contribution in [0.2, 0.25) is 0 Å². The zero-order valence-electron chi connectivity index (χ0n) is 15.1. The molecule has 0 spiro atoms. The third kappa shape index (κ3) is 4.20. The average Bonchev–Trinajstić information content (AvgIpc) is 2.67. The molecule has 0 aromatic heterocycles. The summed E-state index contributed by atoms with van der Waals surface area (Å²) in [6.45, 7) is -0.0580. The van der Waals surface area contributed by atoms with Crippen LogP contribution in [0.25, 0.3) is 0 Å². The first-order valence-corrected chi connectivity index (χ1v) is 10.1. The van der Waals surface area contributed by atoms with E-state index in [4.69, 9.17) is 4.74 Å². The molecule has 3 rings (SSSR count). The Hall–Kier alpha value is -2.78. The quantitative estimate of drug-likeness (QED) is 0.744. The number of hydrogen-bond acceptors (Lipinski definition) is 5. The lowest BCUT2D eigenvalue weighted by molar-refractivity contribution is -0.129. The molecule has 0 radical (unpaired) electrons. The molecule has 28 heavy (non-hydrogen) atoms. The molecule has 0 aliphatic carbocycles. The van der Waals surface area contributed by atoms with E-state index in [2.05, 4.69) is 4.72 Å². The van der Waals surface area contributed by atoms with Gasteiger partial charge in [-0.15, -0.1) is 0 Å². The van der Waals surface area contributed by atoms with Crippen LogP contribution in [0, 0.1) is 5.82 Å². The van der Waals surface area contributed by atoms with Crippen molar-refractivity contribution in [3.05, 3.63) is 53.8 Å². The SMILES string of the molecule is COc1ccc(N2C(=O)CCCC2=O)cc1S(=O)(=O)NCc1ccc(F)cc1. The van der Waals surface area contributed by atoms with Crippen molar-refractivity contribution < 1.29 is 27.1 Å². The first-order valence-electron chi connectivity index (χ1n) is 8.60. The number of carbonyl (C=O) groups excluding carboxylic acids is 2. The largest absolute Gasteiger partial charge is 0.495 e. The lowest BCUT2D eigenvalue weighted by Crippen LogP contribution is -2.40. The van der Waals surface area contributed by atoms with Crippen molar-refractivity contribution in [3.63, 3.8) is 0 Å². The van der Waals surface area contributed by atoms with Crippen LogP contribution in [0.3, 0.4) is 0 Å². The Kier molecular flexibility index (Phi) is 5.76. The molecule has 2 amide bonds. The van der Waals surface area contributed by atoms with Gasteiger partial charge in [-0.3, -0.25) is 14.5 Å². The van der Waals surface area contributed by atoms with Gasteiger partial charge in [0.05, 0.1) is 12.8 Å². The summed E-state index contributed by atoms with van der Waals surface area (Å²) in [7, 11) is -2.70. The maximum atomic E-state index is 13.0. The van der Waals surface area contributed by atoms with E-state index in [9.17, 15) is 22.4 Å². The summed E-state index contributed by atoms with van der Waals surface area (Å²) in [5.41, 5.74) is 0.749. The number of benzene rings is 2. The van der Waals surface area contributed by atoms with Crippen molar-refractivity contribution in [1.82, 2.24) is 4.72 Å². The van der Waals surface area contributed by atoms with Crippen LogP contribution in [0.5, 0.6) is 5.75 Å². The molecule has 0 bridgehead atoms. The maximum absolute atomic E-state index is 13.0. The summed E-state index contributed by atoms with van der Waals surface area (Å²) >= 11 is 0. The van der Waals surface area contributed by atoms with E-state index in [-0.39, 0.29) is 47.5 Å². The molecular weight excluding hydrogens is 387 g/mol. The summed E-state index contributed by atoms with van der Waals surface area (Å²) in [6.07, 6.45) is 0.931. The highest BCUT2D eigenvalue weighted by Crippen LogP contribution is 2.31. The van der Waals surface area contributed by atoms with Gasteiger partial charge in [-0.1, -0.05) is 12.1 Å². The molecule has 0 saturated carbocycles. The number of rotatable bonds is 6. The molecule has 9 heteroatoms. The Morgan fingerprint density at radius 2 is 1.71 bits per heavy atom. The summed E-state index contributed by atoms with van der Waals surface area (Å²) in [5.74, 6) is -1.09. The van der Waals surface area contributed by atoms with Crippen LogP contribution in [0.15, 0.2) is 47.4 Å². The monoisotopic (exact) mass is 406 g/mol. The van der Waals surface area contributed by atoms with Crippen LogP contribution in [0.4, 0.5) is 10.1 Å². The predicted octanol–water partition coefficient (Wildman–Crippen LogP) is 2.36. The van der Waals surface area contributed by atoms with Gasteiger partial charge < -0.3 is 4.74 Å². The van der Waals surface area contributed by atoms with E-state index < -0.39 is 15.8 Å². The molecule has 1 aliphatic heterocycles. The Balaban J connectivity index is 1.91. The number of amides is 2. The molecule has 0 unspecified atom stereocenters. The minimum Gasteiger partial charge on any atom is -0.495 e. The topological polar surface area (TPSA) is 92.8 Å². The minimum absolute atomic E-state index is 0.0580. The molecule has 1 fully saturated rings. The van der Waals surface area contributed by atoms with Gasteiger partial charge in [-0.2, -0.15) is 0 Å². The Labute approximate surface area is 162 Å². The molecule has 148 valence electrons. The highest BCUT2D eigenvalue weighted by molar-refractivity contribution is 7.89. The number of methoxy groups -OCH3 is 1. The van der Waals surface area contributed by atoms with Gasteiger partial charge in [0.25, 0.3) is 0 Å². The fourth-order valence-electron chi connectivity index (χ4n) is 2.91. The first kappa shape index (κ1) is 20.0. The zero-order chi connectivity index (χ0) is 20.3. The molecule has 1 N–H and O–H groups in total. The summed E-state index contributed by atoms with van der Waals surface area (Å²) in [4.78, 5) is 25.1. The molecule has 1 heterocycles. The lowest BCUT2D eigenvalue weighted by atomic mass is 10.1. The lowest BCUT2D eigenvalue weighted by Gasteiger charge is -2.25. The molecule has 1 aliphatic rings. The van der Waals surface area contributed by atoms with Crippen LogP contribution in [0.1, 0.15) is 24.8 Å². The third-order valence-corrected chi connectivity index (χ3v) is 5.78. The Morgan fingerprint density at radius 1 is 1.07 bits per heavy atom. The number of nitrogens with zero attached hydrogens (tertiary/aromatic N) is 1. The Bertz CT molecular complexity index is 989. The number of ether oxygens (including phenoxy) is 1. The molecule has 2 aromatic rings. The van der Waals surface area contributed by atoms with Gasteiger partial charge in [-0.05, 0) is 42.3 Å². The van der Waals surface area contributed by atoms with Gasteiger partial charge in [0.15, 0.2) is 0 Å². The zero-order valence-corrected chi connectivity index (χ0v) is 16.0. The molecular formula is C19H19FN2O5S. The fraction of sp³-hybridized carbons (Fsp3) is 0.263. The molecule has 2 aromatic carbocycles. The molecule has 7 nitrogen and oxygen atoms in total. The Morgan fingerprint density at radius 3 is 2.32 bits per heavy atom. The third-order valence-electron chi connectivity index (χ3n) is 4.35. The maximum Gasteiger partial charge on any atom is 0.244 e. The van der Waals surface area contributed by atoms with E-state index in [1.54, 1.807) is 0 Å². The highest BCUT2D eigenvalue weighted by atomic mass is 32.2. The number of sulfonamides is 1. The second-order valence-electron chi connectivity index (χ2n) is 6.26. The van der Waals surface area contributed by atoms with Crippen molar-refractivity contribution in [2.75, 3.05) is 12.0 Å². The number of nitrogens with one attached hydrogen (secondary N) is 1. The van der Waals surface area contributed by atoms with Crippen molar-refractivity contribution in [2.24, 2.45) is 0 Å². The number of anilines is 1. The minimum atomic E-state index is -4.03. The average molecular weight is 406 g/mol. The van der Waals surface area contributed by atoms with E-state index in [0.29, 0.717) is 12.0 Å². The van der Waals surface area contributed by atoms with E-state index in [0.717, 1.165) is 4.90 Å². The highest BCUT2D eigenvalue weighted by Gasteiger charge is 2.29. The molecule has 0 atom stereocenters. The van der Waals surface area contributed by atoms with Crippen LogP contribution < -0.4 is 14.4 Å². The van der Waals surface area contributed by atoms with Crippen molar-refractivity contribution in [1.29, 1.82) is 0 Å². The second kappa shape index (κ2) is 8.07. The smallest absolute Gasteiger partial charge is 0.244 e. The summed E-state index contributed by atoms with van der Waals surface area (Å²) < 4.78 is 46.1. The van der Waals surface area contributed by atoms with Gasteiger partial charge >= 0.3 is 0 Å². The number of halogens is 1. The first-order chi connectivity index (χ1) is 13.3. The van der Waals surface area contributed by atoms with Crippen LogP contribution in [-0.2, 0) is 26.2 Å². The normalized spacial score (nSPS) is 15.0. The summed E-state index contributed by atoms with van der Waals surface area (Å²) in [6, 6.07) is 9.52. The van der Waals surface area contributed by atoms with Crippen LogP contribution >= 0.6 is 0 Å². The van der Waals surface area contributed by atoms with Crippen molar-refractivity contribution >= 4 is 27.5 Å². The predicted molar refractivity (Wildman–Crippen MR) is 99.8 cm³/mol.